The minimum Gasteiger partial charge on any atom is -0.126 e. The summed E-state index contributed by atoms with van der Waals surface area (Å²) in [4.78, 5) is 0. The first-order valence-corrected chi connectivity index (χ1v) is 17.9. The molecule has 0 amide bonds. The second-order valence-corrected chi connectivity index (χ2v) is 18.1. The zero-order chi connectivity index (χ0) is 20.8. The topological polar surface area (TPSA) is 0 Å². The van der Waals surface area contributed by atoms with Gasteiger partial charge in [-0.25, -0.2) is 0 Å². The van der Waals surface area contributed by atoms with Gasteiger partial charge in [0.2, 0.25) is 0 Å². The van der Waals surface area contributed by atoms with Gasteiger partial charge in [-0.2, -0.15) is 0 Å². The molecule has 0 saturated heterocycles. The summed E-state index contributed by atoms with van der Waals surface area (Å²) in [7, 11) is 0. The first kappa shape index (κ1) is 29.1. The van der Waals surface area contributed by atoms with E-state index >= 15 is 0 Å². The van der Waals surface area contributed by atoms with E-state index in [9.17, 15) is 0 Å². The Morgan fingerprint density at radius 1 is 0.357 bits per heavy atom. The van der Waals surface area contributed by atoms with Crippen molar-refractivity contribution >= 4 is 39.2 Å². The van der Waals surface area contributed by atoms with Gasteiger partial charge in [0.05, 0.1) is 0 Å². The molecule has 4 heteroatoms. The van der Waals surface area contributed by atoms with Crippen molar-refractivity contribution in [3.63, 3.8) is 0 Å². The summed E-state index contributed by atoms with van der Waals surface area (Å²) >= 11 is 17.7. The van der Waals surface area contributed by atoms with Crippen LogP contribution in [0.3, 0.4) is 0 Å². The quantitative estimate of drug-likeness (QED) is 0.0789. The molecule has 0 aromatic carbocycles. The van der Waals surface area contributed by atoms with E-state index in [4.69, 9.17) is 33.2 Å². The maximum atomic E-state index is 5.90. The number of unbranched alkanes of at least 4 members (excludes halogenated alkanes) is 21. The highest BCUT2D eigenvalue weighted by molar-refractivity contribution is 7.64. The summed E-state index contributed by atoms with van der Waals surface area (Å²) in [5.41, 5.74) is 0. The Balaban J connectivity index is 3.01. The normalized spacial score (nSPS) is 12.0. The standard InChI is InChI=1S/C24H49Cl3Si/c1-2-3-4-5-6-7-8-9-10-11-12-13-14-15-16-17-18-19-20-21-22-23-24-28(25,26)27/h2-24H2,1H3. The van der Waals surface area contributed by atoms with E-state index in [0.29, 0.717) is 0 Å². The van der Waals surface area contributed by atoms with Crippen molar-refractivity contribution in [2.24, 2.45) is 0 Å². The second-order valence-electron chi connectivity index (χ2n) is 8.79. The number of halogens is 3. The zero-order valence-corrected chi connectivity index (χ0v) is 22.2. The Kier molecular flexibility index (Phi) is 23.6. The zero-order valence-electron chi connectivity index (χ0n) is 18.9. The summed E-state index contributed by atoms with van der Waals surface area (Å²) in [6, 6.07) is -1.53. The van der Waals surface area contributed by atoms with Crippen LogP contribution in [0.4, 0.5) is 0 Å². The van der Waals surface area contributed by atoms with E-state index in [1.165, 1.54) is 135 Å². The molecule has 0 heterocycles. The third-order valence-corrected chi connectivity index (χ3v) is 8.44. The second kappa shape index (κ2) is 22.8. The monoisotopic (exact) mass is 470 g/mol. The van der Waals surface area contributed by atoms with Gasteiger partial charge < -0.3 is 0 Å². The molecule has 0 bridgehead atoms. The summed E-state index contributed by atoms with van der Waals surface area (Å²) in [5.74, 6) is 0. The van der Waals surface area contributed by atoms with E-state index in [0.717, 1.165) is 12.5 Å². The average Bonchev–Trinajstić information content (AvgIpc) is 2.65. The highest BCUT2D eigenvalue weighted by Gasteiger charge is 2.23. The number of hydrogen-bond donors (Lipinski definition) is 0. The molecule has 0 nitrogen and oxygen atoms in total. The number of hydrogen-bond acceptors (Lipinski definition) is 0. The molecule has 0 aromatic heterocycles. The lowest BCUT2D eigenvalue weighted by atomic mass is 10.0. The molecule has 0 N–H and O–H groups in total. The van der Waals surface area contributed by atoms with Gasteiger partial charge in [-0.1, -0.05) is 148 Å². The van der Waals surface area contributed by atoms with Crippen LogP contribution in [0.25, 0.3) is 0 Å². The molecule has 0 unspecified atom stereocenters. The Labute approximate surface area is 193 Å². The third-order valence-electron chi connectivity index (χ3n) is 5.81. The first-order chi connectivity index (χ1) is 13.6. The molecule has 0 atom stereocenters. The van der Waals surface area contributed by atoms with Crippen molar-refractivity contribution in [3.8, 4) is 0 Å². The highest BCUT2D eigenvalue weighted by Crippen LogP contribution is 2.27. The van der Waals surface area contributed by atoms with Crippen LogP contribution in [0.2, 0.25) is 6.04 Å². The largest absolute Gasteiger partial charge is 0.341 e. The summed E-state index contributed by atoms with van der Waals surface area (Å²) in [6.45, 7) is 2.29. The molecule has 0 aromatic rings. The van der Waals surface area contributed by atoms with Gasteiger partial charge in [-0.15, -0.1) is 33.2 Å². The van der Waals surface area contributed by atoms with Crippen LogP contribution in [0.5, 0.6) is 0 Å². The summed E-state index contributed by atoms with van der Waals surface area (Å²) in [6.07, 6.45) is 31.1. The van der Waals surface area contributed by atoms with Crippen LogP contribution in [-0.2, 0) is 0 Å². The van der Waals surface area contributed by atoms with E-state index in [2.05, 4.69) is 6.92 Å². The van der Waals surface area contributed by atoms with Gasteiger partial charge in [0, 0.05) is 0 Å². The Morgan fingerprint density at radius 2 is 0.571 bits per heavy atom. The fourth-order valence-electron chi connectivity index (χ4n) is 3.93. The molecule has 0 aliphatic carbocycles. The van der Waals surface area contributed by atoms with Gasteiger partial charge in [-0.05, 0) is 6.04 Å². The van der Waals surface area contributed by atoms with Crippen molar-refractivity contribution in [2.75, 3.05) is 0 Å². The van der Waals surface area contributed by atoms with Crippen molar-refractivity contribution in [2.45, 2.75) is 154 Å². The van der Waals surface area contributed by atoms with Crippen molar-refractivity contribution < 1.29 is 0 Å². The Bertz CT molecular complexity index is 292. The van der Waals surface area contributed by atoms with Crippen molar-refractivity contribution in [1.82, 2.24) is 0 Å². The van der Waals surface area contributed by atoms with Crippen molar-refractivity contribution in [3.05, 3.63) is 0 Å². The minimum atomic E-state index is -2.36. The number of rotatable bonds is 23. The van der Waals surface area contributed by atoms with E-state index < -0.39 is 6.00 Å². The van der Waals surface area contributed by atoms with Gasteiger partial charge in [0.15, 0.2) is 0 Å². The third kappa shape index (κ3) is 27.1. The molecule has 0 radical (unpaired) electrons. The van der Waals surface area contributed by atoms with Crippen LogP contribution >= 0.6 is 33.2 Å². The van der Waals surface area contributed by atoms with Crippen LogP contribution in [0.1, 0.15) is 148 Å². The molecule has 0 saturated carbocycles. The van der Waals surface area contributed by atoms with Gasteiger partial charge in [0.1, 0.15) is 0 Å². The predicted octanol–water partition coefficient (Wildman–Crippen LogP) is 11.2. The summed E-state index contributed by atoms with van der Waals surface area (Å²) < 4.78 is 0. The molecular formula is C24H49Cl3Si. The SMILES string of the molecule is CCCCCCCCCCCCCCCCCCCCCCCC[Si](Cl)(Cl)Cl. The average molecular weight is 472 g/mol. The molecule has 0 aliphatic heterocycles. The van der Waals surface area contributed by atoms with Crippen LogP contribution in [0.15, 0.2) is 0 Å². The predicted molar refractivity (Wildman–Crippen MR) is 135 cm³/mol. The lowest BCUT2D eigenvalue weighted by molar-refractivity contribution is 0.520. The molecule has 170 valence electrons. The molecule has 0 rings (SSSR count). The maximum Gasteiger partial charge on any atom is 0.341 e. The minimum absolute atomic E-state index is 0.830. The van der Waals surface area contributed by atoms with E-state index in [1.807, 2.05) is 0 Å². The molecular weight excluding hydrogens is 423 g/mol. The van der Waals surface area contributed by atoms with E-state index in [1.54, 1.807) is 0 Å². The van der Waals surface area contributed by atoms with Gasteiger partial charge >= 0.3 is 6.00 Å². The van der Waals surface area contributed by atoms with Crippen LogP contribution in [-0.4, -0.2) is 6.00 Å². The van der Waals surface area contributed by atoms with E-state index in [-0.39, 0.29) is 0 Å². The Hall–Kier alpha value is 1.09. The smallest absolute Gasteiger partial charge is 0.126 e. The van der Waals surface area contributed by atoms with Gasteiger partial charge in [0.25, 0.3) is 0 Å². The van der Waals surface area contributed by atoms with Gasteiger partial charge in [-0.3, -0.25) is 0 Å². The lowest BCUT2D eigenvalue weighted by Crippen LogP contribution is -2.07. The Morgan fingerprint density at radius 3 is 0.786 bits per heavy atom. The fraction of sp³-hybridized carbons (Fsp3) is 1.00. The maximum absolute atomic E-state index is 5.90. The van der Waals surface area contributed by atoms with Crippen molar-refractivity contribution in [1.29, 1.82) is 0 Å². The lowest BCUT2D eigenvalue weighted by Gasteiger charge is -2.07. The van der Waals surface area contributed by atoms with Crippen LogP contribution in [0, 0.1) is 0 Å². The molecule has 0 spiro atoms. The first-order valence-electron chi connectivity index (χ1n) is 12.6. The van der Waals surface area contributed by atoms with Crippen LogP contribution < -0.4 is 0 Å². The molecule has 0 fully saturated rings. The summed E-state index contributed by atoms with van der Waals surface area (Å²) in [5, 5.41) is 0. The fourth-order valence-corrected chi connectivity index (χ4v) is 5.79. The molecule has 28 heavy (non-hydrogen) atoms. The molecule has 0 aliphatic rings. The highest BCUT2D eigenvalue weighted by atomic mass is 35.8.